The monoisotopic (exact) mass is 454 g/mol. The minimum atomic E-state index is -0.413. The topological polar surface area (TPSA) is 75.7 Å². The Balaban J connectivity index is 1.55. The minimum Gasteiger partial charge on any atom is -0.465 e. The summed E-state index contributed by atoms with van der Waals surface area (Å²) in [5.74, 6) is -0.684. The molecule has 0 spiro atoms. The smallest absolute Gasteiger partial charge is 0.337 e. The maximum absolute atomic E-state index is 12.7. The number of amides is 2. The zero-order chi connectivity index (χ0) is 22.4. The number of hydrogen-bond acceptors (Lipinski definition) is 6. The van der Waals surface area contributed by atoms with Gasteiger partial charge in [0.25, 0.3) is 5.91 Å². The van der Waals surface area contributed by atoms with E-state index in [1.54, 1.807) is 30.3 Å². The van der Waals surface area contributed by atoms with E-state index in [2.05, 4.69) is 10.1 Å². The summed E-state index contributed by atoms with van der Waals surface area (Å²) in [6, 6.07) is 14.4. The highest BCUT2D eigenvalue weighted by Crippen LogP contribution is 2.32. The number of nitrogens with one attached hydrogen (secondary N) is 1. The van der Waals surface area contributed by atoms with E-state index in [0.717, 1.165) is 16.8 Å². The third-order valence-electron chi connectivity index (χ3n) is 4.71. The lowest BCUT2D eigenvalue weighted by Crippen LogP contribution is -2.29. The molecule has 3 rings (SSSR count). The fourth-order valence-corrected chi connectivity index (χ4v) is 4.31. The zero-order valence-electron chi connectivity index (χ0n) is 17.2. The predicted octanol–water partition coefficient (Wildman–Crippen LogP) is 4.40. The molecule has 0 aliphatic carbocycles. The number of para-hydroxylation sites is 1. The van der Waals surface area contributed by atoms with Crippen LogP contribution in [0.15, 0.2) is 53.4 Å². The number of esters is 1. The van der Waals surface area contributed by atoms with Gasteiger partial charge in [0.1, 0.15) is 4.32 Å². The molecule has 0 aromatic heterocycles. The van der Waals surface area contributed by atoms with Gasteiger partial charge in [-0.1, -0.05) is 54.3 Å². The third-order valence-corrected chi connectivity index (χ3v) is 6.09. The number of thiocarbonyl (C=S) groups is 1. The van der Waals surface area contributed by atoms with Crippen molar-refractivity contribution >= 4 is 57.8 Å². The van der Waals surface area contributed by atoms with E-state index in [1.807, 2.05) is 31.2 Å². The van der Waals surface area contributed by atoms with E-state index >= 15 is 0 Å². The lowest BCUT2D eigenvalue weighted by atomic mass is 10.1. The summed E-state index contributed by atoms with van der Waals surface area (Å²) >= 11 is 6.58. The van der Waals surface area contributed by atoms with Gasteiger partial charge < -0.3 is 10.1 Å². The number of carbonyl (C=O) groups is 3. The van der Waals surface area contributed by atoms with Crippen molar-refractivity contribution in [2.75, 3.05) is 19.0 Å². The Morgan fingerprint density at radius 1 is 1.16 bits per heavy atom. The lowest BCUT2D eigenvalue weighted by Gasteiger charge is -2.14. The number of ether oxygens (including phenoxy) is 1. The van der Waals surface area contributed by atoms with Crippen LogP contribution in [0.25, 0.3) is 6.08 Å². The van der Waals surface area contributed by atoms with Crippen molar-refractivity contribution in [2.45, 2.75) is 19.8 Å². The van der Waals surface area contributed by atoms with Crippen LogP contribution in [-0.4, -0.2) is 40.7 Å². The van der Waals surface area contributed by atoms with Gasteiger partial charge in [0.15, 0.2) is 0 Å². The normalized spacial score (nSPS) is 14.8. The molecule has 160 valence electrons. The lowest BCUT2D eigenvalue weighted by molar-refractivity contribution is -0.122. The van der Waals surface area contributed by atoms with Crippen LogP contribution in [0.2, 0.25) is 0 Å². The van der Waals surface area contributed by atoms with Gasteiger partial charge in [-0.25, -0.2) is 4.79 Å². The second kappa shape index (κ2) is 10.4. The Morgan fingerprint density at radius 3 is 2.55 bits per heavy atom. The molecular formula is C23H22N2O4S2. The maximum Gasteiger partial charge on any atom is 0.337 e. The van der Waals surface area contributed by atoms with E-state index in [1.165, 1.54) is 23.8 Å². The fraction of sp³-hybridized carbons (Fsp3) is 0.217. The van der Waals surface area contributed by atoms with Gasteiger partial charge >= 0.3 is 5.97 Å². The SMILES string of the molecule is COC(=O)c1ccc(C=C2SC(=S)N(CCCC(=O)Nc3ccccc3C)C2=O)cc1. The molecular weight excluding hydrogens is 432 g/mol. The Labute approximate surface area is 190 Å². The van der Waals surface area contributed by atoms with E-state index in [4.69, 9.17) is 12.2 Å². The number of aryl methyl sites for hydroxylation is 1. The van der Waals surface area contributed by atoms with Gasteiger partial charge in [-0.15, -0.1) is 0 Å². The van der Waals surface area contributed by atoms with Crippen LogP contribution in [0.5, 0.6) is 0 Å². The highest BCUT2D eigenvalue weighted by molar-refractivity contribution is 8.26. The molecule has 0 unspecified atom stereocenters. The molecule has 1 N–H and O–H groups in total. The number of rotatable bonds is 7. The van der Waals surface area contributed by atoms with Gasteiger partial charge in [-0.05, 0) is 48.7 Å². The van der Waals surface area contributed by atoms with E-state index < -0.39 is 5.97 Å². The summed E-state index contributed by atoms with van der Waals surface area (Å²) in [4.78, 5) is 38.5. The predicted molar refractivity (Wildman–Crippen MR) is 127 cm³/mol. The fourth-order valence-electron chi connectivity index (χ4n) is 3.00. The average molecular weight is 455 g/mol. The Bertz CT molecular complexity index is 1050. The van der Waals surface area contributed by atoms with Crippen molar-refractivity contribution in [3.8, 4) is 0 Å². The molecule has 2 aromatic carbocycles. The summed E-state index contributed by atoms with van der Waals surface area (Å²) in [6.45, 7) is 2.31. The largest absolute Gasteiger partial charge is 0.465 e. The van der Waals surface area contributed by atoms with E-state index in [9.17, 15) is 14.4 Å². The van der Waals surface area contributed by atoms with Gasteiger partial charge in [-0.2, -0.15) is 0 Å². The molecule has 0 bridgehead atoms. The summed E-state index contributed by atoms with van der Waals surface area (Å²) in [6.07, 6.45) is 2.54. The first-order valence-electron chi connectivity index (χ1n) is 9.68. The highest BCUT2D eigenvalue weighted by Gasteiger charge is 2.31. The number of thioether (sulfide) groups is 1. The Kier molecular flexibility index (Phi) is 7.59. The molecule has 1 heterocycles. The van der Waals surface area contributed by atoms with E-state index in [-0.39, 0.29) is 11.8 Å². The molecule has 0 radical (unpaired) electrons. The standard InChI is InChI=1S/C23H22N2O4S2/c1-15-6-3-4-7-18(15)24-20(26)8-5-13-25-21(27)19(31-23(25)30)14-16-9-11-17(12-10-16)22(28)29-2/h3-4,6-7,9-12,14H,5,8,13H2,1-2H3,(H,24,26). The second-order valence-corrected chi connectivity index (χ2v) is 8.59. The van der Waals surface area contributed by atoms with Gasteiger partial charge in [0.05, 0.1) is 17.6 Å². The molecule has 1 fully saturated rings. The van der Waals surface area contributed by atoms with Gasteiger partial charge in [-0.3, -0.25) is 14.5 Å². The second-order valence-electron chi connectivity index (χ2n) is 6.91. The summed E-state index contributed by atoms with van der Waals surface area (Å²) in [5.41, 5.74) is 3.01. The number of anilines is 1. The van der Waals surface area contributed by atoms with Crippen LogP contribution in [0.4, 0.5) is 5.69 Å². The van der Waals surface area contributed by atoms with Crippen molar-refractivity contribution in [3.05, 3.63) is 70.1 Å². The number of benzene rings is 2. The highest BCUT2D eigenvalue weighted by atomic mass is 32.2. The van der Waals surface area contributed by atoms with Gasteiger partial charge in [0, 0.05) is 18.7 Å². The van der Waals surface area contributed by atoms with Gasteiger partial charge in [0.2, 0.25) is 5.91 Å². The molecule has 6 nitrogen and oxygen atoms in total. The Morgan fingerprint density at radius 2 is 1.87 bits per heavy atom. The number of methoxy groups -OCH3 is 1. The molecule has 1 aliphatic rings. The zero-order valence-corrected chi connectivity index (χ0v) is 18.8. The first-order chi connectivity index (χ1) is 14.9. The molecule has 0 saturated carbocycles. The molecule has 31 heavy (non-hydrogen) atoms. The van der Waals surface area contributed by atoms with Crippen LogP contribution < -0.4 is 5.32 Å². The van der Waals surface area contributed by atoms with Crippen molar-refractivity contribution < 1.29 is 19.1 Å². The first-order valence-corrected chi connectivity index (χ1v) is 10.9. The number of hydrogen-bond donors (Lipinski definition) is 1. The number of nitrogens with zero attached hydrogens (tertiary/aromatic N) is 1. The maximum atomic E-state index is 12.7. The van der Waals surface area contributed by atoms with Crippen LogP contribution in [0, 0.1) is 6.92 Å². The Hall–Kier alpha value is -2.97. The molecule has 1 aliphatic heterocycles. The molecule has 1 saturated heterocycles. The van der Waals surface area contributed by atoms with Crippen molar-refractivity contribution in [1.29, 1.82) is 0 Å². The molecule has 0 atom stereocenters. The molecule has 2 aromatic rings. The van der Waals surface area contributed by atoms with Crippen LogP contribution in [0.3, 0.4) is 0 Å². The van der Waals surface area contributed by atoms with Crippen LogP contribution >= 0.6 is 24.0 Å². The summed E-state index contributed by atoms with van der Waals surface area (Å²) < 4.78 is 5.16. The van der Waals surface area contributed by atoms with Crippen molar-refractivity contribution in [2.24, 2.45) is 0 Å². The minimum absolute atomic E-state index is 0.0963. The summed E-state index contributed by atoms with van der Waals surface area (Å²) in [5, 5.41) is 2.89. The number of carbonyl (C=O) groups excluding carboxylic acids is 3. The van der Waals surface area contributed by atoms with Crippen molar-refractivity contribution in [3.63, 3.8) is 0 Å². The molecule has 8 heteroatoms. The van der Waals surface area contributed by atoms with Crippen LogP contribution in [-0.2, 0) is 14.3 Å². The average Bonchev–Trinajstić information content (AvgIpc) is 3.02. The molecule has 2 amide bonds. The third kappa shape index (κ3) is 5.80. The summed E-state index contributed by atoms with van der Waals surface area (Å²) in [7, 11) is 1.33. The van der Waals surface area contributed by atoms with E-state index in [0.29, 0.717) is 34.2 Å². The quantitative estimate of drug-likeness (QED) is 0.380. The first kappa shape index (κ1) is 22.7. The van der Waals surface area contributed by atoms with Crippen LogP contribution in [0.1, 0.15) is 34.3 Å². The van der Waals surface area contributed by atoms with Crippen molar-refractivity contribution in [1.82, 2.24) is 4.90 Å².